The Bertz CT molecular complexity index is 1400. The lowest BCUT2D eigenvalue weighted by atomic mass is 9.68. The molecule has 6 nitrogen and oxygen atoms in total. The summed E-state index contributed by atoms with van der Waals surface area (Å²) in [7, 11) is 1.78. The first-order chi connectivity index (χ1) is 20.4. The summed E-state index contributed by atoms with van der Waals surface area (Å²) < 4.78 is 0. The summed E-state index contributed by atoms with van der Waals surface area (Å²) in [5.74, 6) is 0.324. The first-order valence-electron chi connectivity index (χ1n) is 15.7. The van der Waals surface area contributed by atoms with Crippen LogP contribution in [0.15, 0.2) is 59.4 Å². The van der Waals surface area contributed by atoms with Gasteiger partial charge < -0.3 is 15.3 Å². The van der Waals surface area contributed by atoms with Gasteiger partial charge in [-0.2, -0.15) is 0 Å². The van der Waals surface area contributed by atoms with Crippen LogP contribution in [-0.4, -0.2) is 52.4 Å². The average Bonchev–Trinajstić information content (AvgIpc) is 3.51. The zero-order valence-corrected chi connectivity index (χ0v) is 27.6. The Morgan fingerprint density at radius 2 is 1.84 bits per heavy atom. The Morgan fingerprint density at radius 3 is 2.51 bits per heavy atom. The van der Waals surface area contributed by atoms with E-state index in [0.29, 0.717) is 12.2 Å². The van der Waals surface area contributed by atoms with Crippen LogP contribution in [0.5, 0.6) is 0 Å². The van der Waals surface area contributed by atoms with Gasteiger partial charge in [0.2, 0.25) is 5.91 Å². The van der Waals surface area contributed by atoms with Crippen LogP contribution in [0.3, 0.4) is 0 Å². The number of nitrogens with one attached hydrogen (secondary N) is 1. The van der Waals surface area contributed by atoms with Crippen LogP contribution in [0.1, 0.15) is 90.8 Å². The second-order valence-electron chi connectivity index (χ2n) is 13.0. The molecule has 7 heteroatoms. The highest BCUT2D eigenvalue weighted by Crippen LogP contribution is 2.44. The molecule has 1 aliphatic heterocycles. The molecule has 2 aliphatic rings. The molecule has 1 amide bonds. The van der Waals surface area contributed by atoms with Crippen molar-refractivity contribution in [2.45, 2.75) is 97.2 Å². The summed E-state index contributed by atoms with van der Waals surface area (Å²) in [5, 5.41) is 16.9. The van der Waals surface area contributed by atoms with E-state index in [1.54, 1.807) is 38.7 Å². The molecule has 1 aliphatic carbocycles. The first kappa shape index (κ1) is 33.2. The van der Waals surface area contributed by atoms with Crippen LogP contribution >= 0.6 is 11.8 Å². The average molecular weight is 604 g/mol. The maximum absolute atomic E-state index is 14.4. The Morgan fingerprint density at radius 1 is 1.14 bits per heavy atom. The van der Waals surface area contributed by atoms with Gasteiger partial charge in [-0.3, -0.25) is 9.59 Å². The number of nitrogens with zero attached hydrogens (tertiary/aromatic N) is 2. The van der Waals surface area contributed by atoms with Gasteiger partial charge >= 0.3 is 0 Å². The summed E-state index contributed by atoms with van der Waals surface area (Å²) in [6.45, 7) is 14.6. The fraction of sp³-hybridized carbons (Fsp3) is 0.528. The molecule has 2 fully saturated rings. The van der Waals surface area contributed by atoms with Gasteiger partial charge in [0.05, 0.1) is 28.7 Å². The molecular weight excluding hydrogens is 554 g/mol. The molecule has 1 aromatic heterocycles. The lowest BCUT2D eigenvalue weighted by Gasteiger charge is -2.41. The van der Waals surface area contributed by atoms with Crippen LogP contribution in [0.4, 0.5) is 0 Å². The van der Waals surface area contributed by atoms with Crippen molar-refractivity contribution in [2.75, 3.05) is 13.6 Å². The van der Waals surface area contributed by atoms with E-state index in [-0.39, 0.29) is 29.7 Å². The molecular formula is C36H49N3O3S. The van der Waals surface area contributed by atoms with Crippen LogP contribution in [0.25, 0.3) is 16.5 Å². The number of allylic oxidation sites excluding steroid dienone is 1. The minimum absolute atomic E-state index is 0.00716. The Balaban J connectivity index is 1.58. The molecule has 232 valence electrons. The van der Waals surface area contributed by atoms with Gasteiger partial charge in [-0.1, -0.05) is 50.1 Å². The number of hydrogen-bond donors (Lipinski definition) is 2. The highest BCUT2D eigenvalue weighted by atomic mass is 32.2. The smallest absolute Gasteiger partial charge is 0.233 e. The van der Waals surface area contributed by atoms with Crippen molar-refractivity contribution < 1.29 is 14.7 Å². The summed E-state index contributed by atoms with van der Waals surface area (Å²) >= 11 is 1.58. The van der Waals surface area contributed by atoms with Crippen molar-refractivity contribution in [1.82, 2.24) is 15.2 Å². The first-order valence-corrected chi connectivity index (χ1v) is 16.6. The monoisotopic (exact) mass is 603 g/mol. The molecule has 4 rings (SSSR count). The van der Waals surface area contributed by atoms with Gasteiger partial charge in [-0.25, -0.2) is 4.98 Å². The van der Waals surface area contributed by atoms with Gasteiger partial charge in [0.25, 0.3) is 0 Å². The van der Waals surface area contributed by atoms with Crippen molar-refractivity contribution in [3.8, 4) is 0 Å². The third kappa shape index (κ3) is 7.50. The van der Waals surface area contributed by atoms with Crippen LogP contribution in [0, 0.1) is 11.3 Å². The highest BCUT2D eigenvalue weighted by molar-refractivity contribution is 8.06. The molecule has 0 spiro atoms. The fourth-order valence-electron chi connectivity index (χ4n) is 6.40. The number of carbonyl (C=O) groups excluding carboxylic acids is 2. The van der Waals surface area contributed by atoms with E-state index in [1.165, 1.54) is 6.42 Å². The standard InChI is InChI=1S/C36H49N3O3S/c1-24(29-22-33(35(4,5)42)38-30-17-12-11-16-28(29)30)23-43-26(3)31-18-13-21-39(31)34(41)36(6,27-14-9-8-10-15-27)20-19-32(40)25(2)37-7/h11-12,16-17,19-20,22-23,25,27,31,37,42H,3,8-10,13-15,18,21H2,1-2,4-7H3/b20-19+,24-23+/t25-,31-,36?/m0/s1. The van der Waals surface area contributed by atoms with E-state index < -0.39 is 11.0 Å². The Kier molecular flexibility index (Phi) is 10.7. The van der Waals surface area contributed by atoms with Gasteiger partial charge in [0.15, 0.2) is 5.78 Å². The van der Waals surface area contributed by atoms with Crippen LogP contribution < -0.4 is 5.32 Å². The number of fused-ring (bicyclic) bond motifs is 1. The van der Waals surface area contributed by atoms with E-state index in [1.807, 2.05) is 49.1 Å². The predicted octanol–water partition coefficient (Wildman–Crippen LogP) is 7.38. The molecule has 1 aromatic carbocycles. The van der Waals surface area contributed by atoms with Crippen molar-refractivity contribution in [1.29, 1.82) is 0 Å². The Labute approximate surface area is 262 Å². The number of aromatic nitrogens is 1. The van der Waals surface area contributed by atoms with Crippen molar-refractivity contribution >= 4 is 39.9 Å². The number of thioether (sulfide) groups is 1. The quantitative estimate of drug-likeness (QED) is 0.261. The summed E-state index contributed by atoms with van der Waals surface area (Å²) in [6.07, 6.45) is 10.8. The van der Waals surface area contributed by atoms with E-state index in [0.717, 1.165) is 65.5 Å². The lowest BCUT2D eigenvalue weighted by molar-refractivity contribution is -0.142. The summed E-state index contributed by atoms with van der Waals surface area (Å²) in [4.78, 5) is 34.8. The highest BCUT2D eigenvalue weighted by Gasteiger charge is 2.45. The lowest BCUT2D eigenvalue weighted by Crippen LogP contribution is -2.48. The van der Waals surface area contributed by atoms with E-state index in [4.69, 9.17) is 4.98 Å². The number of rotatable bonds is 11. The second kappa shape index (κ2) is 13.9. The topological polar surface area (TPSA) is 82.5 Å². The number of amides is 1. The molecule has 1 saturated heterocycles. The maximum atomic E-state index is 14.4. The number of pyridine rings is 1. The minimum Gasteiger partial charge on any atom is -0.384 e. The molecule has 2 heterocycles. The number of hydrogen-bond acceptors (Lipinski definition) is 6. The zero-order valence-electron chi connectivity index (χ0n) is 26.8. The van der Waals surface area contributed by atoms with Crippen LogP contribution in [-0.2, 0) is 15.2 Å². The van der Waals surface area contributed by atoms with Crippen molar-refractivity contribution in [2.24, 2.45) is 11.3 Å². The van der Waals surface area contributed by atoms with Gasteiger partial charge in [0, 0.05) is 16.8 Å². The van der Waals surface area contributed by atoms with Crippen molar-refractivity contribution in [3.63, 3.8) is 0 Å². The molecule has 1 unspecified atom stereocenters. The van der Waals surface area contributed by atoms with E-state index in [9.17, 15) is 14.7 Å². The normalized spacial score (nSPS) is 20.9. The largest absolute Gasteiger partial charge is 0.384 e. The van der Waals surface area contributed by atoms with Crippen LogP contribution in [0.2, 0.25) is 0 Å². The SMILES string of the molecule is C=C(S/C=C(\C)c1cc(C(C)(C)O)nc2ccccc12)[C@@H]1CCCN1C(=O)C(C)(/C=C/C(=O)[C@H](C)NC)C1CCCCC1. The molecule has 1 saturated carbocycles. The number of para-hydroxylation sites is 1. The number of carbonyl (C=O) groups is 2. The number of aliphatic hydroxyl groups is 1. The molecule has 0 radical (unpaired) electrons. The summed E-state index contributed by atoms with van der Waals surface area (Å²) in [6, 6.07) is 9.62. The number of ketones is 1. The predicted molar refractivity (Wildman–Crippen MR) is 179 cm³/mol. The maximum Gasteiger partial charge on any atom is 0.233 e. The van der Waals surface area contributed by atoms with Gasteiger partial charge in [0.1, 0.15) is 5.60 Å². The number of benzene rings is 1. The minimum atomic E-state index is -1.06. The number of likely N-dealkylation sites (tertiary alicyclic amines) is 1. The zero-order chi connectivity index (χ0) is 31.4. The van der Waals surface area contributed by atoms with E-state index >= 15 is 0 Å². The summed E-state index contributed by atoms with van der Waals surface area (Å²) in [5.41, 5.74) is 1.76. The fourth-order valence-corrected chi connectivity index (χ4v) is 7.26. The molecule has 2 aromatic rings. The van der Waals surface area contributed by atoms with E-state index in [2.05, 4.69) is 30.3 Å². The molecule has 43 heavy (non-hydrogen) atoms. The third-order valence-corrected chi connectivity index (χ3v) is 10.5. The second-order valence-corrected chi connectivity index (χ2v) is 14.0. The molecule has 2 N–H and O–H groups in total. The number of likely N-dealkylation sites (N-methyl/N-ethyl adjacent to an activating group) is 1. The third-order valence-electron chi connectivity index (χ3n) is 9.41. The van der Waals surface area contributed by atoms with Crippen molar-refractivity contribution in [3.05, 3.63) is 70.6 Å². The van der Waals surface area contributed by atoms with Gasteiger partial charge in [-0.05, 0) is 108 Å². The molecule has 0 bridgehead atoms. The Hall–Kier alpha value is -2.74. The molecule has 3 atom stereocenters. The van der Waals surface area contributed by atoms with Gasteiger partial charge in [-0.15, -0.1) is 11.8 Å².